The zero-order valence-corrected chi connectivity index (χ0v) is 17.4. The van der Waals surface area contributed by atoms with Gasteiger partial charge in [0.25, 0.3) is 18.3 Å². The predicted molar refractivity (Wildman–Crippen MR) is 110 cm³/mol. The van der Waals surface area contributed by atoms with Gasteiger partial charge in [-0.05, 0) is 25.3 Å². The Kier molecular flexibility index (Phi) is 6.38. The first-order chi connectivity index (χ1) is 14.8. The lowest BCUT2D eigenvalue weighted by Crippen LogP contribution is -2.57. The number of imide groups is 1. The van der Waals surface area contributed by atoms with E-state index in [9.17, 15) is 14.4 Å². The third-order valence-electron chi connectivity index (χ3n) is 5.73. The number of hydrogen-bond donors (Lipinski definition) is 2. The van der Waals surface area contributed by atoms with E-state index in [1.54, 1.807) is 16.7 Å². The number of carbonyl (C=O) groups excluding carboxylic acids is 3. The van der Waals surface area contributed by atoms with E-state index in [1.807, 2.05) is 30.3 Å². The second-order valence-electron chi connectivity index (χ2n) is 7.53. The van der Waals surface area contributed by atoms with Gasteiger partial charge in [0.1, 0.15) is 17.1 Å². The van der Waals surface area contributed by atoms with Crippen LogP contribution in [0, 0.1) is 6.92 Å². The molecule has 2 aliphatic rings. The van der Waals surface area contributed by atoms with Crippen LogP contribution >= 0.6 is 0 Å². The molecular weight excluding hydrogens is 402 g/mol. The summed E-state index contributed by atoms with van der Waals surface area (Å²) in [4.78, 5) is 58.4. The Morgan fingerprint density at radius 1 is 1.23 bits per heavy atom. The summed E-state index contributed by atoms with van der Waals surface area (Å²) >= 11 is 0. The highest BCUT2D eigenvalue weighted by atomic mass is 16.3. The summed E-state index contributed by atoms with van der Waals surface area (Å²) < 4.78 is 0. The molecule has 2 aromatic rings. The van der Waals surface area contributed by atoms with Crippen molar-refractivity contribution < 1.29 is 24.3 Å². The summed E-state index contributed by atoms with van der Waals surface area (Å²) in [5.74, 6) is 0.372. The minimum absolute atomic E-state index is 0.129. The first kappa shape index (κ1) is 22.0. The fraction of sp³-hybridized carbons (Fsp3) is 0.381. The number of nitrogens with zero attached hydrogens (tertiary/aromatic N) is 4. The average molecular weight is 427 g/mol. The number of aromatic amines is 1. The lowest BCUT2D eigenvalue weighted by Gasteiger charge is -2.42. The van der Waals surface area contributed by atoms with Crippen LogP contribution in [0.2, 0.25) is 0 Å². The van der Waals surface area contributed by atoms with Crippen molar-refractivity contribution in [3.8, 4) is 0 Å². The normalized spacial score (nSPS) is 17.5. The van der Waals surface area contributed by atoms with Crippen LogP contribution in [0.4, 0.5) is 4.79 Å². The van der Waals surface area contributed by atoms with Crippen molar-refractivity contribution in [3.63, 3.8) is 0 Å². The van der Waals surface area contributed by atoms with Crippen LogP contribution in [0.3, 0.4) is 0 Å². The number of piperidine rings is 1. The molecule has 164 valence electrons. The van der Waals surface area contributed by atoms with E-state index in [2.05, 4.69) is 9.97 Å². The van der Waals surface area contributed by atoms with Crippen molar-refractivity contribution in [2.75, 3.05) is 20.1 Å². The molecule has 2 aliphatic heterocycles. The molecule has 0 radical (unpaired) electrons. The van der Waals surface area contributed by atoms with Gasteiger partial charge in [-0.1, -0.05) is 30.3 Å². The third kappa shape index (κ3) is 4.14. The van der Waals surface area contributed by atoms with Crippen molar-refractivity contribution in [2.24, 2.45) is 0 Å². The number of amides is 4. The van der Waals surface area contributed by atoms with Gasteiger partial charge in [0, 0.05) is 26.7 Å². The maximum Gasteiger partial charge on any atom is 0.327 e. The van der Waals surface area contributed by atoms with E-state index in [0.717, 1.165) is 5.56 Å². The molecule has 0 atom stereocenters. The molecule has 1 aromatic heterocycles. The average Bonchev–Trinajstić information content (AvgIpc) is 3.28. The van der Waals surface area contributed by atoms with Crippen LogP contribution in [-0.2, 0) is 16.1 Å². The van der Waals surface area contributed by atoms with Gasteiger partial charge in [-0.25, -0.2) is 9.78 Å². The fourth-order valence-corrected chi connectivity index (χ4v) is 4.13. The van der Waals surface area contributed by atoms with E-state index in [-0.39, 0.29) is 24.3 Å². The highest BCUT2D eigenvalue weighted by Gasteiger charge is 2.57. The fourth-order valence-electron chi connectivity index (χ4n) is 4.13. The van der Waals surface area contributed by atoms with Gasteiger partial charge >= 0.3 is 6.03 Å². The van der Waals surface area contributed by atoms with Crippen molar-refractivity contribution in [1.82, 2.24) is 24.7 Å². The number of nitrogens with one attached hydrogen (secondary N) is 1. The number of aryl methyl sites for hydroxylation is 1. The lowest BCUT2D eigenvalue weighted by atomic mass is 9.85. The number of carbonyl (C=O) groups is 4. The van der Waals surface area contributed by atoms with Crippen LogP contribution in [0.1, 0.15) is 34.7 Å². The Morgan fingerprint density at radius 2 is 1.84 bits per heavy atom. The van der Waals surface area contributed by atoms with Gasteiger partial charge in [0.2, 0.25) is 0 Å². The molecule has 0 saturated carbocycles. The lowest BCUT2D eigenvalue weighted by molar-refractivity contribution is -0.134. The van der Waals surface area contributed by atoms with Gasteiger partial charge in [-0.3, -0.25) is 19.3 Å². The van der Waals surface area contributed by atoms with Gasteiger partial charge in [0.05, 0.1) is 6.20 Å². The number of likely N-dealkylation sites (N-methyl/N-ethyl adjacent to an activating group) is 1. The number of H-pyrrole nitrogens is 1. The summed E-state index contributed by atoms with van der Waals surface area (Å²) in [6.07, 6.45) is 2.38. The Balaban J connectivity index is 0.000000858. The summed E-state index contributed by atoms with van der Waals surface area (Å²) in [7, 11) is 1.53. The molecule has 2 saturated heterocycles. The van der Waals surface area contributed by atoms with Crippen LogP contribution < -0.4 is 0 Å². The van der Waals surface area contributed by atoms with Crippen molar-refractivity contribution >= 4 is 24.3 Å². The standard InChI is InChI=1S/C20H23N5O3.CH2O2/c1-14-21-12-16(22-14)17(26)24-10-8-20(9-11-24)18(27)23(2)19(28)25(20)13-15-6-4-3-5-7-15;2-1-3/h3-7,12H,8-11,13H2,1-2H3,(H,21,22);1H,(H,2,3). The maximum atomic E-state index is 13.0. The Morgan fingerprint density at radius 3 is 2.39 bits per heavy atom. The minimum Gasteiger partial charge on any atom is -0.483 e. The molecule has 31 heavy (non-hydrogen) atoms. The summed E-state index contributed by atoms with van der Waals surface area (Å²) in [6, 6.07) is 9.37. The smallest absolute Gasteiger partial charge is 0.327 e. The largest absolute Gasteiger partial charge is 0.483 e. The summed E-state index contributed by atoms with van der Waals surface area (Å²) in [5.41, 5.74) is 0.535. The minimum atomic E-state index is -0.887. The SMILES string of the molecule is Cc1ncc(C(=O)N2CCC3(CC2)C(=O)N(C)C(=O)N3Cc2ccccc2)[nH]1.O=CO. The number of imidazole rings is 1. The number of rotatable bonds is 3. The van der Waals surface area contributed by atoms with E-state index >= 15 is 0 Å². The molecule has 4 amide bonds. The highest BCUT2D eigenvalue weighted by Crippen LogP contribution is 2.38. The molecule has 1 aromatic carbocycles. The Bertz CT molecular complexity index is 966. The molecule has 10 heteroatoms. The molecule has 0 aliphatic carbocycles. The molecule has 4 rings (SSSR count). The molecule has 1 spiro atoms. The zero-order valence-electron chi connectivity index (χ0n) is 17.4. The van der Waals surface area contributed by atoms with Gasteiger partial charge in [-0.15, -0.1) is 0 Å². The van der Waals surface area contributed by atoms with Gasteiger partial charge < -0.3 is 19.9 Å². The number of urea groups is 1. The van der Waals surface area contributed by atoms with Crippen LogP contribution in [-0.4, -0.2) is 79.8 Å². The van der Waals surface area contributed by atoms with Crippen molar-refractivity contribution in [1.29, 1.82) is 0 Å². The number of aromatic nitrogens is 2. The molecule has 0 unspecified atom stereocenters. The third-order valence-corrected chi connectivity index (χ3v) is 5.73. The maximum absolute atomic E-state index is 13.0. The van der Waals surface area contributed by atoms with Crippen molar-refractivity contribution in [3.05, 3.63) is 53.6 Å². The molecule has 2 N–H and O–H groups in total. The quantitative estimate of drug-likeness (QED) is 0.564. The first-order valence-corrected chi connectivity index (χ1v) is 9.86. The molecular formula is C21H25N5O5. The number of carboxylic acid groups (broad SMARTS) is 1. The van der Waals surface area contributed by atoms with Crippen LogP contribution in [0.5, 0.6) is 0 Å². The number of benzene rings is 1. The highest BCUT2D eigenvalue weighted by molar-refractivity contribution is 6.07. The van der Waals surface area contributed by atoms with Crippen LogP contribution in [0.25, 0.3) is 0 Å². The molecule has 2 fully saturated rings. The van der Waals surface area contributed by atoms with E-state index in [4.69, 9.17) is 9.90 Å². The van der Waals surface area contributed by atoms with E-state index in [0.29, 0.717) is 44.0 Å². The Labute approximate surface area is 179 Å². The number of hydrogen-bond acceptors (Lipinski definition) is 5. The van der Waals surface area contributed by atoms with Gasteiger partial charge in [-0.2, -0.15) is 0 Å². The second kappa shape index (κ2) is 8.99. The van der Waals surface area contributed by atoms with Crippen molar-refractivity contribution in [2.45, 2.75) is 31.8 Å². The second-order valence-corrected chi connectivity index (χ2v) is 7.53. The van der Waals surface area contributed by atoms with Gasteiger partial charge in [0.15, 0.2) is 0 Å². The van der Waals surface area contributed by atoms with E-state index in [1.165, 1.54) is 18.1 Å². The Hall–Kier alpha value is -3.69. The predicted octanol–water partition coefficient (Wildman–Crippen LogP) is 1.49. The molecule has 3 heterocycles. The summed E-state index contributed by atoms with van der Waals surface area (Å²) in [6.45, 7) is 2.75. The molecule has 0 bridgehead atoms. The van der Waals surface area contributed by atoms with E-state index < -0.39 is 5.54 Å². The monoisotopic (exact) mass is 427 g/mol. The first-order valence-electron chi connectivity index (χ1n) is 9.86. The molecule has 10 nitrogen and oxygen atoms in total. The topological polar surface area (TPSA) is 127 Å². The van der Waals surface area contributed by atoms with Crippen LogP contribution in [0.15, 0.2) is 36.5 Å². The summed E-state index contributed by atoms with van der Waals surface area (Å²) in [5, 5.41) is 6.89. The zero-order chi connectivity index (χ0) is 22.6. The number of likely N-dealkylation sites (tertiary alicyclic amines) is 1.